The number of carbonyl (C=O) groups excluding carboxylic acids is 4. The molecule has 1 unspecified atom stereocenters. The van der Waals surface area contributed by atoms with E-state index in [0.29, 0.717) is 6.54 Å². The lowest BCUT2D eigenvalue weighted by Crippen LogP contribution is -2.40. The van der Waals surface area contributed by atoms with Gasteiger partial charge in [-0.15, -0.1) is 0 Å². The Balaban J connectivity index is 1.45. The molecule has 9 nitrogen and oxygen atoms in total. The van der Waals surface area contributed by atoms with Gasteiger partial charge in [-0.05, 0) is 37.1 Å². The van der Waals surface area contributed by atoms with Crippen LogP contribution in [-0.2, 0) is 51.3 Å². The second-order valence-corrected chi connectivity index (χ2v) is 8.90. The van der Waals surface area contributed by atoms with Gasteiger partial charge in [0.2, 0.25) is 0 Å². The number of ether oxygens (including phenoxy) is 4. The highest BCUT2D eigenvalue weighted by Crippen LogP contribution is 2.11. The first kappa shape index (κ1) is 29.3. The molecule has 2 aromatic rings. The van der Waals surface area contributed by atoms with E-state index in [1.54, 1.807) is 0 Å². The van der Waals surface area contributed by atoms with Crippen molar-refractivity contribution < 1.29 is 38.1 Å². The molecule has 3 rings (SSSR count). The summed E-state index contributed by atoms with van der Waals surface area (Å²) < 4.78 is 20.9. The topological polar surface area (TPSA) is 108 Å². The standard InChI is InChI=1S/C30H33NO8/c32-27(36-21-24-10-4-1-5-11-24)14-15-29(34)38-23-26(20-31-18-8-3-9-19-31)39-30(35)17-16-28(33)37-22-25-12-6-2-7-13-25/h1-2,4-7,10-17,26H,3,8-9,18-23H2/b15-14+,17-16+. The number of hydrogen-bond donors (Lipinski definition) is 0. The van der Waals surface area contributed by atoms with Gasteiger partial charge in [0.1, 0.15) is 25.9 Å². The van der Waals surface area contributed by atoms with Crippen LogP contribution >= 0.6 is 0 Å². The molecule has 1 heterocycles. The van der Waals surface area contributed by atoms with Gasteiger partial charge in [-0.3, -0.25) is 4.90 Å². The highest BCUT2D eigenvalue weighted by atomic mass is 16.6. The first-order valence-corrected chi connectivity index (χ1v) is 12.8. The monoisotopic (exact) mass is 535 g/mol. The minimum atomic E-state index is -0.772. The van der Waals surface area contributed by atoms with Crippen LogP contribution in [0.1, 0.15) is 30.4 Å². The molecule has 0 aromatic heterocycles. The van der Waals surface area contributed by atoms with Crippen LogP contribution in [0.2, 0.25) is 0 Å². The van der Waals surface area contributed by atoms with Crippen molar-refractivity contribution in [1.29, 1.82) is 0 Å². The third-order valence-electron chi connectivity index (χ3n) is 5.76. The number of carbonyl (C=O) groups is 4. The fourth-order valence-corrected chi connectivity index (χ4v) is 3.81. The van der Waals surface area contributed by atoms with E-state index in [9.17, 15) is 19.2 Å². The van der Waals surface area contributed by atoms with Crippen LogP contribution in [0.3, 0.4) is 0 Å². The smallest absolute Gasteiger partial charge is 0.331 e. The maximum absolute atomic E-state index is 12.4. The van der Waals surface area contributed by atoms with Crippen molar-refractivity contribution in [2.24, 2.45) is 0 Å². The number of esters is 4. The first-order valence-electron chi connectivity index (χ1n) is 12.8. The van der Waals surface area contributed by atoms with Gasteiger partial charge in [-0.1, -0.05) is 67.1 Å². The molecule has 0 bridgehead atoms. The van der Waals surface area contributed by atoms with Crippen LogP contribution in [0, 0.1) is 0 Å². The van der Waals surface area contributed by atoms with Crippen LogP contribution in [0.15, 0.2) is 85.0 Å². The predicted octanol–water partition coefficient (Wildman–Crippen LogP) is 3.53. The zero-order valence-corrected chi connectivity index (χ0v) is 21.7. The summed E-state index contributed by atoms with van der Waals surface area (Å²) in [6.07, 6.45) is 6.37. The highest BCUT2D eigenvalue weighted by molar-refractivity contribution is 5.92. The van der Waals surface area contributed by atoms with Crippen LogP contribution in [0.25, 0.3) is 0 Å². The van der Waals surface area contributed by atoms with Gasteiger partial charge in [0.05, 0.1) is 0 Å². The molecule has 0 aliphatic carbocycles. The van der Waals surface area contributed by atoms with Gasteiger partial charge in [-0.25, -0.2) is 19.2 Å². The lowest BCUT2D eigenvalue weighted by Gasteiger charge is -2.29. The molecule has 39 heavy (non-hydrogen) atoms. The Bertz CT molecular complexity index is 1120. The second kappa shape index (κ2) is 16.6. The van der Waals surface area contributed by atoms with Crippen LogP contribution < -0.4 is 0 Å². The summed E-state index contributed by atoms with van der Waals surface area (Å²) >= 11 is 0. The predicted molar refractivity (Wildman–Crippen MR) is 142 cm³/mol. The quantitative estimate of drug-likeness (QED) is 0.216. The van der Waals surface area contributed by atoms with E-state index in [1.807, 2.05) is 60.7 Å². The fourth-order valence-electron chi connectivity index (χ4n) is 3.81. The Morgan fingerprint density at radius 3 is 1.62 bits per heavy atom. The summed E-state index contributed by atoms with van der Waals surface area (Å²) in [5.74, 6) is -2.90. The summed E-state index contributed by atoms with van der Waals surface area (Å²) in [6.45, 7) is 2.01. The SMILES string of the molecule is O=C(/C=C/C(=O)OCC(CN1CCCCC1)OC(=O)/C=C/C(=O)OCc1ccccc1)OCc1ccccc1. The van der Waals surface area contributed by atoms with Crippen molar-refractivity contribution in [2.75, 3.05) is 26.2 Å². The average molecular weight is 536 g/mol. The second-order valence-electron chi connectivity index (χ2n) is 8.90. The molecular formula is C30H33NO8. The summed E-state index contributed by atoms with van der Waals surface area (Å²) in [4.78, 5) is 50.5. The summed E-state index contributed by atoms with van der Waals surface area (Å²) in [5.41, 5.74) is 1.64. The molecule has 9 heteroatoms. The third-order valence-corrected chi connectivity index (χ3v) is 5.76. The van der Waals surface area contributed by atoms with Gasteiger partial charge in [0.25, 0.3) is 0 Å². The third kappa shape index (κ3) is 12.2. The van der Waals surface area contributed by atoms with Crippen LogP contribution in [0.4, 0.5) is 0 Å². The molecule has 1 atom stereocenters. The molecular weight excluding hydrogens is 502 g/mol. The van der Waals surface area contributed by atoms with Crippen molar-refractivity contribution in [1.82, 2.24) is 4.90 Å². The molecule has 0 N–H and O–H groups in total. The Morgan fingerprint density at radius 1 is 0.641 bits per heavy atom. The van der Waals surface area contributed by atoms with Gasteiger partial charge >= 0.3 is 23.9 Å². The zero-order chi connectivity index (χ0) is 27.7. The van der Waals surface area contributed by atoms with Crippen molar-refractivity contribution in [3.05, 3.63) is 96.1 Å². The number of piperidine rings is 1. The number of hydrogen-bond acceptors (Lipinski definition) is 9. The van der Waals surface area contributed by atoms with E-state index in [-0.39, 0.29) is 19.8 Å². The lowest BCUT2D eigenvalue weighted by molar-refractivity contribution is -0.154. The van der Waals surface area contributed by atoms with E-state index in [4.69, 9.17) is 18.9 Å². The van der Waals surface area contributed by atoms with Crippen molar-refractivity contribution in [2.45, 2.75) is 38.6 Å². The Hall–Kier alpha value is -4.24. The average Bonchev–Trinajstić information content (AvgIpc) is 2.97. The molecule has 1 fully saturated rings. The van der Waals surface area contributed by atoms with Gasteiger partial charge < -0.3 is 18.9 Å². The van der Waals surface area contributed by atoms with E-state index in [2.05, 4.69) is 4.90 Å². The minimum Gasteiger partial charge on any atom is -0.459 e. The largest absolute Gasteiger partial charge is 0.459 e. The molecule has 1 saturated heterocycles. The number of likely N-dealkylation sites (tertiary alicyclic amines) is 1. The Kier molecular flexibility index (Phi) is 12.5. The number of benzene rings is 2. The van der Waals surface area contributed by atoms with Crippen LogP contribution in [-0.4, -0.2) is 61.1 Å². The highest BCUT2D eigenvalue weighted by Gasteiger charge is 2.21. The molecule has 0 saturated carbocycles. The molecule has 0 amide bonds. The molecule has 0 spiro atoms. The normalized spacial score (nSPS) is 14.6. The fraction of sp³-hybridized carbons (Fsp3) is 0.333. The maximum atomic E-state index is 12.4. The Morgan fingerprint density at radius 2 is 1.10 bits per heavy atom. The van der Waals surface area contributed by atoms with Crippen molar-refractivity contribution >= 4 is 23.9 Å². The minimum absolute atomic E-state index is 0.0832. The van der Waals surface area contributed by atoms with E-state index in [1.165, 1.54) is 0 Å². The number of nitrogens with zero attached hydrogens (tertiary/aromatic N) is 1. The summed E-state index contributed by atoms with van der Waals surface area (Å²) in [7, 11) is 0. The Labute approximate surface area is 228 Å². The molecule has 206 valence electrons. The molecule has 0 radical (unpaired) electrons. The van der Waals surface area contributed by atoms with Gasteiger partial charge in [0.15, 0.2) is 0 Å². The first-order chi connectivity index (χ1) is 19.0. The molecule has 1 aliphatic heterocycles. The van der Waals surface area contributed by atoms with Gasteiger partial charge in [-0.2, -0.15) is 0 Å². The van der Waals surface area contributed by atoms with Crippen molar-refractivity contribution in [3.8, 4) is 0 Å². The van der Waals surface area contributed by atoms with Crippen LogP contribution in [0.5, 0.6) is 0 Å². The molecule has 1 aliphatic rings. The van der Waals surface area contributed by atoms with E-state index >= 15 is 0 Å². The molecule has 2 aromatic carbocycles. The summed E-state index contributed by atoms with van der Waals surface area (Å²) in [6, 6.07) is 18.3. The number of rotatable bonds is 13. The van der Waals surface area contributed by atoms with Gasteiger partial charge in [0, 0.05) is 30.8 Å². The lowest BCUT2D eigenvalue weighted by atomic mass is 10.1. The summed E-state index contributed by atoms with van der Waals surface area (Å²) in [5, 5.41) is 0. The van der Waals surface area contributed by atoms with E-state index < -0.39 is 30.0 Å². The zero-order valence-electron chi connectivity index (χ0n) is 21.7. The van der Waals surface area contributed by atoms with Crippen molar-refractivity contribution in [3.63, 3.8) is 0 Å². The van der Waals surface area contributed by atoms with E-state index in [0.717, 1.165) is 67.8 Å². The maximum Gasteiger partial charge on any atom is 0.331 e.